The first-order chi connectivity index (χ1) is 13.8. The lowest BCUT2D eigenvalue weighted by Crippen LogP contribution is -2.36. The van der Waals surface area contributed by atoms with Gasteiger partial charge in [0.2, 0.25) is 10.0 Å². The maximum absolute atomic E-state index is 11.8. The van der Waals surface area contributed by atoms with Gasteiger partial charge in [-0.1, -0.05) is 30.3 Å². The van der Waals surface area contributed by atoms with Crippen LogP contribution < -0.4 is 4.72 Å². The minimum atomic E-state index is -3.29. The van der Waals surface area contributed by atoms with Gasteiger partial charge in [-0.2, -0.15) is 10.2 Å². The number of sulfonamides is 1. The smallest absolute Gasteiger partial charge is 0.208 e. The molecule has 3 heterocycles. The van der Waals surface area contributed by atoms with Crippen LogP contribution in [-0.4, -0.2) is 57.1 Å². The van der Waals surface area contributed by atoms with E-state index in [1.165, 1.54) is 6.26 Å². The van der Waals surface area contributed by atoms with Crippen LogP contribution in [0.3, 0.4) is 0 Å². The van der Waals surface area contributed by atoms with Crippen molar-refractivity contribution in [1.29, 1.82) is 0 Å². The Bertz CT molecular complexity index is 1090. The molecule has 0 radical (unpaired) electrons. The minimum absolute atomic E-state index is 0.0705. The van der Waals surface area contributed by atoms with E-state index >= 15 is 0 Å². The zero-order valence-corrected chi connectivity index (χ0v) is 17.5. The van der Waals surface area contributed by atoms with Gasteiger partial charge in [-0.05, 0) is 13.3 Å². The molecular formula is C19H25N7O2S. The van der Waals surface area contributed by atoms with E-state index in [4.69, 9.17) is 4.98 Å². The summed E-state index contributed by atoms with van der Waals surface area (Å²) in [6.07, 6.45) is 3.67. The maximum Gasteiger partial charge on any atom is 0.208 e. The van der Waals surface area contributed by atoms with Gasteiger partial charge in [0.05, 0.1) is 18.5 Å². The van der Waals surface area contributed by atoms with Gasteiger partial charge in [0.15, 0.2) is 5.82 Å². The normalized spacial score (nSPS) is 20.4. The van der Waals surface area contributed by atoms with Crippen molar-refractivity contribution in [1.82, 2.24) is 34.6 Å². The maximum atomic E-state index is 11.8. The summed E-state index contributed by atoms with van der Waals surface area (Å²) in [6.45, 7) is 3.28. The molecule has 154 valence electrons. The molecule has 1 aromatic carbocycles. The van der Waals surface area contributed by atoms with Crippen LogP contribution in [0.25, 0.3) is 11.4 Å². The lowest BCUT2D eigenvalue weighted by atomic mass is 10.1. The van der Waals surface area contributed by atoms with Crippen LogP contribution in [-0.2, 0) is 23.6 Å². The number of hydrogen-bond donors (Lipinski definition) is 2. The Balaban J connectivity index is 1.61. The second-order valence-corrected chi connectivity index (χ2v) is 9.34. The average molecular weight is 416 g/mol. The number of aromatic nitrogens is 5. The number of aryl methyl sites for hydroxylation is 1. The summed E-state index contributed by atoms with van der Waals surface area (Å²) in [7, 11) is -1.38. The van der Waals surface area contributed by atoms with Gasteiger partial charge in [0, 0.05) is 43.0 Å². The Morgan fingerprint density at radius 2 is 2.03 bits per heavy atom. The van der Waals surface area contributed by atoms with E-state index in [1.807, 2.05) is 55.2 Å². The van der Waals surface area contributed by atoms with Crippen molar-refractivity contribution in [2.24, 2.45) is 7.05 Å². The number of H-pyrrole nitrogens is 1. The monoisotopic (exact) mass is 415 g/mol. The number of benzene rings is 1. The predicted molar refractivity (Wildman–Crippen MR) is 109 cm³/mol. The zero-order chi connectivity index (χ0) is 20.6. The summed E-state index contributed by atoms with van der Waals surface area (Å²) in [5.41, 5.74) is 3.14. The van der Waals surface area contributed by atoms with Gasteiger partial charge in [0.1, 0.15) is 5.82 Å². The quantitative estimate of drug-likeness (QED) is 0.630. The van der Waals surface area contributed by atoms with Crippen LogP contribution in [0.5, 0.6) is 0 Å². The molecule has 1 saturated heterocycles. The zero-order valence-electron chi connectivity index (χ0n) is 16.7. The predicted octanol–water partition coefficient (Wildman–Crippen LogP) is 1.38. The fourth-order valence-corrected chi connectivity index (χ4v) is 4.58. The van der Waals surface area contributed by atoms with Crippen LogP contribution >= 0.6 is 0 Å². The van der Waals surface area contributed by atoms with Gasteiger partial charge in [-0.25, -0.2) is 18.1 Å². The molecule has 0 unspecified atom stereocenters. The number of nitrogens with one attached hydrogen (secondary N) is 2. The fraction of sp³-hybridized carbons (Fsp3) is 0.421. The minimum Gasteiger partial charge on any atom is -0.287 e. The summed E-state index contributed by atoms with van der Waals surface area (Å²) in [6, 6.07) is 9.53. The third-order valence-corrected chi connectivity index (χ3v) is 6.11. The highest BCUT2D eigenvalue weighted by Crippen LogP contribution is 2.33. The molecule has 2 N–H and O–H groups in total. The lowest BCUT2D eigenvalue weighted by Gasteiger charge is -2.22. The van der Waals surface area contributed by atoms with Crippen molar-refractivity contribution in [2.75, 3.05) is 12.8 Å². The third kappa shape index (κ3) is 4.39. The standard InChI is InChI=1S/C19H25N7O2S/c1-13-15(10-20-25(13)2)11-26-12-16(24-29(3,27)28)9-17(26)19-21-18(22-23-19)14-7-5-4-6-8-14/h4-8,10,16-17,24H,9,11-12H2,1-3H3,(H,21,22,23)/t16-,17-/m0/s1. The highest BCUT2D eigenvalue weighted by atomic mass is 32.2. The van der Waals surface area contributed by atoms with E-state index in [0.29, 0.717) is 25.3 Å². The Kier molecular flexibility index (Phi) is 5.24. The fourth-order valence-electron chi connectivity index (χ4n) is 3.81. The molecular weight excluding hydrogens is 390 g/mol. The lowest BCUT2D eigenvalue weighted by molar-refractivity contribution is 0.238. The first-order valence-corrected chi connectivity index (χ1v) is 11.4. The SMILES string of the molecule is Cc1c(CN2C[C@@H](NS(C)(=O)=O)C[C@H]2c2nc(-c3ccccc3)n[nH]2)cnn1C. The number of likely N-dealkylation sites (tertiary alicyclic amines) is 1. The number of rotatable bonds is 6. The van der Waals surface area contributed by atoms with Crippen LogP contribution in [0.1, 0.15) is 29.5 Å². The molecule has 1 fully saturated rings. The molecule has 9 nitrogen and oxygen atoms in total. The van der Waals surface area contributed by atoms with Gasteiger partial charge in [-0.15, -0.1) is 0 Å². The summed E-state index contributed by atoms with van der Waals surface area (Å²) in [4.78, 5) is 6.93. The van der Waals surface area contributed by atoms with Crippen LogP contribution in [0.15, 0.2) is 36.5 Å². The Morgan fingerprint density at radius 1 is 1.28 bits per heavy atom. The molecule has 0 saturated carbocycles. The highest BCUT2D eigenvalue weighted by Gasteiger charge is 2.36. The van der Waals surface area contributed by atoms with E-state index in [0.717, 1.165) is 22.6 Å². The molecule has 0 bridgehead atoms. The Morgan fingerprint density at radius 3 is 2.69 bits per heavy atom. The molecule has 2 atom stereocenters. The van der Waals surface area contributed by atoms with Gasteiger partial charge < -0.3 is 0 Å². The van der Waals surface area contributed by atoms with Gasteiger partial charge in [-0.3, -0.25) is 14.7 Å². The Labute approximate surface area is 170 Å². The molecule has 0 spiro atoms. The summed E-state index contributed by atoms with van der Waals surface area (Å²) in [5, 5.41) is 11.8. The molecule has 29 heavy (non-hydrogen) atoms. The molecule has 1 aliphatic heterocycles. The number of hydrogen-bond acceptors (Lipinski definition) is 6. The molecule has 4 rings (SSSR count). The summed E-state index contributed by atoms with van der Waals surface area (Å²) >= 11 is 0. The Hall–Kier alpha value is -2.56. The second kappa shape index (κ2) is 7.69. The highest BCUT2D eigenvalue weighted by molar-refractivity contribution is 7.88. The van der Waals surface area contributed by atoms with Gasteiger partial charge in [0.25, 0.3) is 0 Å². The molecule has 10 heteroatoms. The van der Waals surface area contributed by atoms with Crippen LogP contribution in [0.2, 0.25) is 0 Å². The first-order valence-electron chi connectivity index (χ1n) is 9.46. The second-order valence-electron chi connectivity index (χ2n) is 7.56. The topological polar surface area (TPSA) is 109 Å². The molecule has 0 amide bonds. The van der Waals surface area contributed by atoms with E-state index in [2.05, 4.69) is 24.9 Å². The van der Waals surface area contributed by atoms with Crippen molar-refractivity contribution in [2.45, 2.75) is 32.0 Å². The van der Waals surface area contributed by atoms with E-state index < -0.39 is 10.0 Å². The van der Waals surface area contributed by atoms with Gasteiger partial charge >= 0.3 is 0 Å². The van der Waals surface area contributed by atoms with Crippen molar-refractivity contribution < 1.29 is 8.42 Å². The first kappa shape index (κ1) is 19.7. The number of nitrogens with zero attached hydrogens (tertiary/aromatic N) is 5. The summed E-state index contributed by atoms with van der Waals surface area (Å²) < 4.78 is 28.1. The van der Waals surface area contributed by atoms with Crippen LogP contribution in [0.4, 0.5) is 0 Å². The van der Waals surface area contributed by atoms with E-state index in [9.17, 15) is 8.42 Å². The molecule has 3 aromatic rings. The molecule has 0 aliphatic carbocycles. The molecule has 2 aromatic heterocycles. The van der Waals surface area contributed by atoms with Crippen molar-refractivity contribution in [3.63, 3.8) is 0 Å². The molecule has 1 aliphatic rings. The number of aromatic amines is 1. The van der Waals surface area contributed by atoms with E-state index in [1.54, 1.807) is 0 Å². The summed E-state index contributed by atoms with van der Waals surface area (Å²) in [5.74, 6) is 1.38. The van der Waals surface area contributed by atoms with Crippen molar-refractivity contribution >= 4 is 10.0 Å². The van der Waals surface area contributed by atoms with Crippen molar-refractivity contribution in [3.8, 4) is 11.4 Å². The third-order valence-electron chi connectivity index (χ3n) is 5.34. The van der Waals surface area contributed by atoms with Crippen molar-refractivity contribution in [3.05, 3.63) is 53.6 Å². The van der Waals surface area contributed by atoms with E-state index in [-0.39, 0.29) is 12.1 Å². The average Bonchev–Trinajstić information content (AvgIpc) is 3.37. The van der Waals surface area contributed by atoms with Crippen LogP contribution in [0, 0.1) is 6.92 Å². The largest absolute Gasteiger partial charge is 0.287 e.